The molecule has 0 fully saturated rings. The van der Waals surface area contributed by atoms with Gasteiger partial charge in [0.05, 0.1) is 26.9 Å². The third kappa shape index (κ3) is 7.82. The van der Waals surface area contributed by atoms with Crippen molar-refractivity contribution in [3.05, 3.63) is 60.3 Å². The van der Waals surface area contributed by atoms with Gasteiger partial charge in [0.25, 0.3) is 0 Å². The minimum atomic E-state index is -4.94. The van der Waals surface area contributed by atoms with E-state index in [9.17, 15) is 36.2 Å². The Hall–Kier alpha value is -2.44. The van der Waals surface area contributed by atoms with Gasteiger partial charge in [-0.1, -0.05) is 36.1 Å². The Kier molecular flexibility index (Phi) is 14.2. The number of aryl methyl sites for hydroxylation is 1. The molecule has 0 atom stereocenters. The van der Waals surface area contributed by atoms with Crippen molar-refractivity contribution < 1.29 is 99.5 Å². The van der Waals surface area contributed by atoms with Crippen LogP contribution in [0.15, 0.2) is 74.6 Å². The molecule has 4 aromatic rings. The van der Waals surface area contributed by atoms with Crippen LogP contribution in [0.3, 0.4) is 0 Å². The molecule has 0 spiro atoms. The molecule has 6 N–H and O–H groups in total. The van der Waals surface area contributed by atoms with Crippen LogP contribution < -0.4 is 39.8 Å². The predicted octanol–water partition coefficient (Wildman–Crippen LogP) is -3.77. The van der Waals surface area contributed by atoms with E-state index in [1.54, 1.807) is 0 Å². The third-order valence-corrected chi connectivity index (χ3v) is 6.51. The van der Waals surface area contributed by atoms with Crippen LogP contribution in [-0.2, 0) is 37.6 Å². The monoisotopic (exact) mass is 629 g/mol. The largest absolute Gasteiger partial charge is 3.00 e. The fourth-order valence-electron chi connectivity index (χ4n) is 3.27. The Morgan fingerprint density at radius 2 is 1.36 bits per heavy atom. The number of hydrogen-bond donors (Lipinski definition) is 0. The zero-order valence-electron chi connectivity index (χ0n) is 20.0. The summed E-state index contributed by atoms with van der Waals surface area (Å²) in [5.74, 6) is -1.71. The van der Waals surface area contributed by atoms with Crippen LogP contribution in [-0.4, -0.2) is 52.2 Å². The Morgan fingerprint density at radius 1 is 0.795 bits per heavy atom. The number of hydrogen-bond acceptors (Lipinski definition) is 11. The maximum Gasteiger partial charge on any atom is 3.00 e. The van der Waals surface area contributed by atoms with Crippen LogP contribution in [0, 0.1) is 6.92 Å². The van der Waals surface area contributed by atoms with Crippen LogP contribution in [0.4, 0.5) is 11.4 Å². The standard InChI is InChI=1S/C20H16N4O8S2.Cr.Na.3H2O/c1-11-18(20(26)24(23-11)12-5-4-6-13(9-12)33(27,28)29)21-22-19-15-8-3-2-7-14(15)17(10-16(19)25)34(30,31)32;;;;;/h2-10,25-26H,1H3,(H,27,28,29)(H,30,31,32);;;3*1H2/q;+3;+1;;;/p-4. The number of azo groups is 1. The summed E-state index contributed by atoms with van der Waals surface area (Å²) in [7, 11) is -9.71. The molecule has 15 nitrogen and oxygen atoms in total. The zero-order chi connectivity index (χ0) is 24.8. The average Bonchev–Trinajstić information content (AvgIpc) is 3.05. The molecule has 4 rings (SSSR count). The summed E-state index contributed by atoms with van der Waals surface area (Å²) in [6, 6.07) is 11.0. The van der Waals surface area contributed by atoms with Crippen molar-refractivity contribution in [2.75, 3.05) is 0 Å². The summed E-state index contributed by atoms with van der Waals surface area (Å²) in [5, 5.41) is 37.0. The smallest absolute Gasteiger partial charge is 0.871 e. The molecule has 0 amide bonds. The van der Waals surface area contributed by atoms with Gasteiger partial charge in [-0.25, -0.2) is 21.5 Å². The van der Waals surface area contributed by atoms with Gasteiger partial charge in [-0.15, -0.1) is 5.11 Å². The van der Waals surface area contributed by atoms with Crippen molar-refractivity contribution in [2.24, 2.45) is 10.2 Å². The second-order valence-electron chi connectivity index (χ2n) is 7.02. The van der Waals surface area contributed by atoms with Crippen LogP contribution in [0.2, 0.25) is 0 Å². The van der Waals surface area contributed by atoms with Crippen molar-refractivity contribution in [1.29, 1.82) is 0 Å². The van der Waals surface area contributed by atoms with Crippen molar-refractivity contribution in [3.8, 4) is 17.3 Å². The van der Waals surface area contributed by atoms with E-state index in [4.69, 9.17) is 0 Å². The molecule has 0 saturated heterocycles. The van der Waals surface area contributed by atoms with Crippen molar-refractivity contribution in [3.63, 3.8) is 0 Å². The number of nitrogens with zero attached hydrogens (tertiary/aromatic N) is 4. The Balaban J connectivity index is 0. The van der Waals surface area contributed by atoms with Gasteiger partial charge < -0.3 is 35.7 Å². The molecular weight excluding hydrogens is 611 g/mol. The summed E-state index contributed by atoms with van der Waals surface area (Å²) in [4.78, 5) is -1.26. The number of aromatic nitrogens is 2. The van der Waals surface area contributed by atoms with Gasteiger partial charge >= 0.3 is 46.9 Å². The molecule has 1 aromatic heterocycles. The van der Waals surface area contributed by atoms with E-state index in [0.717, 1.165) is 16.8 Å². The van der Waals surface area contributed by atoms with Crippen LogP contribution in [0.1, 0.15) is 5.69 Å². The molecule has 1 heterocycles. The van der Waals surface area contributed by atoms with Crippen LogP contribution in [0.25, 0.3) is 16.5 Å². The van der Waals surface area contributed by atoms with Crippen molar-refractivity contribution in [2.45, 2.75) is 16.7 Å². The summed E-state index contributed by atoms with van der Waals surface area (Å²) in [6.07, 6.45) is 0. The zero-order valence-corrected chi connectivity index (χ0v) is 24.9. The molecule has 39 heavy (non-hydrogen) atoms. The molecular formula is C20H18CrN4NaO11S2. The van der Waals surface area contributed by atoms with Gasteiger partial charge in [0.2, 0.25) is 0 Å². The van der Waals surface area contributed by atoms with E-state index in [1.807, 2.05) is 0 Å². The van der Waals surface area contributed by atoms with Gasteiger partial charge in [0.15, 0.2) is 0 Å². The van der Waals surface area contributed by atoms with Gasteiger partial charge in [-0.3, -0.25) is 0 Å². The minimum absolute atomic E-state index is 0. The first-order chi connectivity index (χ1) is 15.9. The van der Waals surface area contributed by atoms with Crippen LogP contribution in [0.5, 0.6) is 11.6 Å². The number of benzene rings is 3. The normalized spacial score (nSPS) is 10.9. The first-order valence-corrected chi connectivity index (χ1v) is 12.1. The molecule has 19 heteroatoms. The van der Waals surface area contributed by atoms with Gasteiger partial charge in [0.1, 0.15) is 25.9 Å². The summed E-state index contributed by atoms with van der Waals surface area (Å²) >= 11 is 0. The average molecular weight is 630 g/mol. The van der Waals surface area contributed by atoms with Gasteiger partial charge in [0, 0.05) is 16.7 Å². The quantitative estimate of drug-likeness (QED) is 0.119. The Labute approximate surface area is 254 Å². The second-order valence-corrected chi connectivity index (χ2v) is 9.75. The van der Waals surface area contributed by atoms with E-state index in [0.29, 0.717) is 6.07 Å². The van der Waals surface area contributed by atoms with Crippen molar-refractivity contribution >= 4 is 42.4 Å². The first kappa shape index (κ1) is 38.7. The maximum absolute atomic E-state index is 12.8. The molecule has 0 bridgehead atoms. The summed E-state index contributed by atoms with van der Waals surface area (Å²) in [5.41, 5.74) is -0.500. The Morgan fingerprint density at radius 3 is 1.92 bits per heavy atom. The van der Waals surface area contributed by atoms with E-state index in [1.165, 1.54) is 43.3 Å². The van der Waals surface area contributed by atoms with Crippen molar-refractivity contribution in [1.82, 2.24) is 9.78 Å². The van der Waals surface area contributed by atoms with E-state index in [2.05, 4.69) is 15.3 Å². The first-order valence-electron chi connectivity index (χ1n) is 9.31. The predicted molar refractivity (Wildman–Crippen MR) is 122 cm³/mol. The number of rotatable bonds is 5. The summed E-state index contributed by atoms with van der Waals surface area (Å²) < 4.78 is 69.3. The molecule has 1 radical (unpaired) electrons. The van der Waals surface area contributed by atoms with E-state index >= 15 is 0 Å². The summed E-state index contributed by atoms with van der Waals surface area (Å²) in [6.45, 7) is 1.42. The molecule has 0 aliphatic rings. The van der Waals surface area contributed by atoms with Crippen LogP contribution >= 0.6 is 0 Å². The molecule has 3 aromatic carbocycles. The van der Waals surface area contributed by atoms with Gasteiger partial charge in [-0.2, -0.15) is 10.2 Å². The molecule has 0 aliphatic carbocycles. The third-order valence-electron chi connectivity index (χ3n) is 4.80. The van der Waals surface area contributed by atoms with E-state index < -0.39 is 41.7 Å². The fraction of sp³-hybridized carbons (Fsp3) is 0.0500. The Bertz CT molecular complexity index is 1710. The maximum atomic E-state index is 12.8. The SMILES string of the molecule is Cc1nn(-c2cccc(S(=O)(=O)[O-])c2)c([O-])c1N=Nc1c([O-])cc(S(=O)(=O)[O-])c2ccccc12.O.O.O.[Cr+3].[Na+]. The minimum Gasteiger partial charge on any atom is -0.871 e. The topological polar surface area (TPSA) is 298 Å². The molecule has 0 saturated carbocycles. The number of fused-ring (bicyclic) bond motifs is 1. The molecule has 203 valence electrons. The van der Waals surface area contributed by atoms with E-state index in [-0.39, 0.29) is 96.9 Å². The second kappa shape index (κ2) is 14.3. The molecule has 0 unspecified atom stereocenters. The molecule has 0 aliphatic heterocycles. The van der Waals surface area contributed by atoms with Gasteiger partial charge in [-0.05, 0) is 31.2 Å². The fourth-order valence-corrected chi connectivity index (χ4v) is 4.48.